The number of amides is 4. The lowest BCUT2D eigenvalue weighted by Crippen LogP contribution is -2.56. The van der Waals surface area contributed by atoms with Crippen LogP contribution in [-0.4, -0.2) is 60.9 Å². The van der Waals surface area contributed by atoms with Gasteiger partial charge in [-0.15, -0.1) is 0 Å². The van der Waals surface area contributed by atoms with Crippen molar-refractivity contribution in [1.29, 1.82) is 0 Å². The van der Waals surface area contributed by atoms with Crippen LogP contribution in [-0.2, 0) is 29.1 Å². The van der Waals surface area contributed by atoms with Crippen molar-refractivity contribution < 1.29 is 32.3 Å². The van der Waals surface area contributed by atoms with Crippen molar-refractivity contribution in [2.24, 2.45) is 11.8 Å². The number of fused-ring (bicyclic) bond motifs is 2. The van der Waals surface area contributed by atoms with Crippen LogP contribution in [0.1, 0.15) is 77.7 Å². The number of carbonyl (C=O) groups is 4. The summed E-state index contributed by atoms with van der Waals surface area (Å²) in [7, 11) is -4.43. The van der Waals surface area contributed by atoms with Crippen LogP contribution >= 0.6 is 23.2 Å². The normalized spacial score (nSPS) is 25.8. The molecule has 1 aromatic rings. The smallest absolute Gasteiger partial charge is 0.392 e. The SMILES string of the molecule is Cc1cc(Cl)cc(Cl)c1S(=O)(=O)NC(=O)C12CC1C=CCCCCCC(C#[N+]C(=O)OC(C)(C)C)C(=O)N1CCCC1C(=O)N2. The summed E-state index contributed by atoms with van der Waals surface area (Å²) < 4.78 is 34.0. The van der Waals surface area contributed by atoms with E-state index >= 15 is 0 Å². The van der Waals surface area contributed by atoms with Crippen LogP contribution in [0.4, 0.5) is 4.79 Å². The summed E-state index contributed by atoms with van der Waals surface area (Å²) in [6.07, 6.45) is 7.30. The van der Waals surface area contributed by atoms with E-state index in [4.69, 9.17) is 27.9 Å². The van der Waals surface area contributed by atoms with E-state index < -0.39 is 62.9 Å². The standard InChI is InChI=1S/C31H38Cl2N4O7S/c1-19-15-22(32)16-23(33)25(19)45(42,43)36-28(40)31-17-21(31)12-9-7-5-6-8-11-20(18-34-29(41)44-30(2,3)4)27(39)37-14-10-13-24(37)26(38)35-31/h9,12,15-16,20-21,24H,5-8,10-11,13-14,17H2,1-4H3,(H-,35,36,38,40)/p+1. The van der Waals surface area contributed by atoms with Crippen molar-refractivity contribution in [3.05, 3.63) is 44.7 Å². The van der Waals surface area contributed by atoms with Gasteiger partial charge in [0.2, 0.25) is 11.8 Å². The van der Waals surface area contributed by atoms with E-state index in [1.807, 2.05) is 12.2 Å². The Hall–Kier alpha value is -3.14. The number of carbonyl (C=O) groups excluding carboxylic acids is 4. The largest absolute Gasteiger partial charge is 0.728 e. The minimum Gasteiger partial charge on any atom is -0.392 e. The molecule has 1 saturated carbocycles. The van der Waals surface area contributed by atoms with Gasteiger partial charge in [-0.3, -0.25) is 14.4 Å². The van der Waals surface area contributed by atoms with Crippen molar-refractivity contribution in [1.82, 2.24) is 14.9 Å². The van der Waals surface area contributed by atoms with Crippen LogP contribution in [0, 0.1) is 24.8 Å². The van der Waals surface area contributed by atoms with Gasteiger partial charge in [-0.25, -0.2) is 13.1 Å². The first-order valence-corrected chi connectivity index (χ1v) is 17.3. The third kappa shape index (κ3) is 8.37. The average molecular weight is 683 g/mol. The van der Waals surface area contributed by atoms with Crippen molar-refractivity contribution >= 4 is 57.0 Å². The number of nitrogens with zero attached hydrogens (tertiary/aromatic N) is 2. The first-order chi connectivity index (χ1) is 21.0. The second-order valence-corrected chi connectivity index (χ2v) is 15.2. The lowest BCUT2D eigenvalue weighted by Gasteiger charge is -2.27. The van der Waals surface area contributed by atoms with Crippen LogP contribution in [0.25, 0.3) is 4.85 Å². The predicted molar refractivity (Wildman–Crippen MR) is 169 cm³/mol. The molecule has 11 nitrogen and oxygen atoms in total. The minimum atomic E-state index is -4.43. The molecule has 1 aromatic carbocycles. The number of sulfonamides is 1. The summed E-state index contributed by atoms with van der Waals surface area (Å²) in [6.45, 7) is 6.93. The molecule has 2 aliphatic heterocycles. The first-order valence-electron chi connectivity index (χ1n) is 15.1. The fraction of sp³-hybridized carbons (Fsp3) is 0.581. The summed E-state index contributed by atoms with van der Waals surface area (Å²) >= 11 is 12.2. The van der Waals surface area contributed by atoms with Crippen LogP contribution < -0.4 is 10.0 Å². The molecule has 1 aliphatic carbocycles. The van der Waals surface area contributed by atoms with E-state index in [-0.39, 0.29) is 26.9 Å². The van der Waals surface area contributed by atoms with Gasteiger partial charge in [-0.05, 0) is 83.9 Å². The maximum Gasteiger partial charge on any atom is 0.728 e. The molecule has 2 fully saturated rings. The van der Waals surface area contributed by atoms with Gasteiger partial charge >= 0.3 is 12.2 Å². The summed E-state index contributed by atoms with van der Waals surface area (Å²) in [5.74, 6) is -3.17. The molecule has 45 heavy (non-hydrogen) atoms. The number of hydrogen-bond acceptors (Lipinski definition) is 7. The maximum atomic E-state index is 13.7. The van der Waals surface area contributed by atoms with Crippen LogP contribution in [0.3, 0.4) is 0 Å². The quantitative estimate of drug-likeness (QED) is 0.408. The highest BCUT2D eigenvalue weighted by atomic mass is 35.5. The molecule has 0 aromatic heterocycles. The van der Waals surface area contributed by atoms with E-state index in [0.717, 1.165) is 12.8 Å². The van der Waals surface area contributed by atoms with E-state index in [9.17, 15) is 27.6 Å². The Morgan fingerprint density at radius 3 is 2.56 bits per heavy atom. The lowest BCUT2D eigenvalue weighted by atomic mass is 10.00. The van der Waals surface area contributed by atoms with Gasteiger partial charge in [0, 0.05) is 17.5 Å². The number of ether oxygens (including phenoxy) is 1. The highest BCUT2D eigenvalue weighted by molar-refractivity contribution is 7.90. The molecular weight excluding hydrogens is 643 g/mol. The van der Waals surface area contributed by atoms with Gasteiger partial charge in [-0.1, -0.05) is 48.2 Å². The van der Waals surface area contributed by atoms with E-state index in [2.05, 4.69) is 21.0 Å². The highest BCUT2D eigenvalue weighted by Gasteiger charge is 2.61. The van der Waals surface area contributed by atoms with E-state index in [1.165, 1.54) is 24.0 Å². The maximum absolute atomic E-state index is 13.7. The van der Waals surface area contributed by atoms with E-state index in [1.54, 1.807) is 20.8 Å². The van der Waals surface area contributed by atoms with E-state index in [0.29, 0.717) is 38.6 Å². The van der Waals surface area contributed by atoms with Crippen LogP contribution in [0.15, 0.2) is 29.2 Å². The molecular formula is C31H39Cl2N4O7S+. The second kappa shape index (κ2) is 13.7. The molecule has 2 N–H and O–H groups in total. The Balaban J connectivity index is 1.60. The average Bonchev–Trinajstić information content (AvgIpc) is 3.37. The molecule has 0 spiro atoms. The van der Waals surface area contributed by atoms with Gasteiger partial charge in [0.15, 0.2) is 5.92 Å². The predicted octanol–water partition coefficient (Wildman–Crippen LogP) is 5.38. The Labute approximate surface area is 273 Å². The zero-order valence-corrected chi connectivity index (χ0v) is 28.2. The molecule has 4 rings (SSSR count). The topological polar surface area (TPSA) is 143 Å². The molecule has 244 valence electrons. The summed E-state index contributed by atoms with van der Waals surface area (Å²) in [5, 5.41) is 2.90. The minimum absolute atomic E-state index is 0.141. The van der Waals surface area contributed by atoms with Gasteiger partial charge in [0.1, 0.15) is 22.1 Å². The molecule has 4 amide bonds. The second-order valence-electron chi connectivity index (χ2n) is 12.8. The molecule has 1 saturated heterocycles. The van der Waals surface area contributed by atoms with Crippen LogP contribution in [0.2, 0.25) is 10.0 Å². The van der Waals surface area contributed by atoms with Gasteiger partial charge in [0.05, 0.1) is 9.87 Å². The van der Waals surface area contributed by atoms with Gasteiger partial charge < -0.3 is 15.0 Å². The summed E-state index contributed by atoms with van der Waals surface area (Å²) in [4.78, 5) is 58.3. The first kappa shape index (κ1) is 34.7. The van der Waals surface area contributed by atoms with Gasteiger partial charge in [0.25, 0.3) is 15.9 Å². The zero-order valence-electron chi connectivity index (χ0n) is 25.8. The Morgan fingerprint density at radius 1 is 1.13 bits per heavy atom. The fourth-order valence-electron chi connectivity index (χ4n) is 5.79. The molecule has 14 heteroatoms. The molecule has 0 radical (unpaired) electrons. The number of halogens is 2. The number of aryl methyl sites for hydroxylation is 1. The summed E-state index contributed by atoms with van der Waals surface area (Å²) in [5.41, 5.74) is -2.04. The Kier molecular flexibility index (Phi) is 10.6. The van der Waals surface area contributed by atoms with Gasteiger partial charge in [-0.2, -0.15) is 4.79 Å². The monoisotopic (exact) mass is 681 g/mol. The third-order valence-corrected chi connectivity index (χ3v) is 10.2. The molecule has 0 bridgehead atoms. The number of benzene rings is 1. The third-order valence-electron chi connectivity index (χ3n) is 8.03. The molecule has 3 aliphatic rings. The number of allylic oxidation sites excluding steroid dienone is 1. The Morgan fingerprint density at radius 2 is 1.87 bits per heavy atom. The number of nitrogens with one attached hydrogen (secondary N) is 2. The van der Waals surface area contributed by atoms with Crippen molar-refractivity contribution in [3.63, 3.8) is 0 Å². The Bertz CT molecular complexity index is 1550. The molecule has 4 atom stereocenters. The lowest BCUT2D eigenvalue weighted by molar-refractivity contribution is -0.141. The fourth-order valence-corrected chi connectivity index (χ4v) is 8.01. The summed E-state index contributed by atoms with van der Waals surface area (Å²) in [6, 6.07) is 4.48. The number of rotatable bonds is 3. The molecule has 4 unspecified atom stereocenters. The zero-order chi connectivity index (χ0) is 33.2. The van der Waals surface area contributed by atoms with Crippen LogP contribution in [0.5, 0.6) is 0 Å². The van der Waals surface area contributed by atoms with Crippen molar-refractivity contribution in [2.45, 2.75) is 101 Å². The van der Waals surface area contributed by atoms with Crippen molar-refractivity contribution in [2.75, 3.05) is 6.54 Å². The number of hydrogen-bond donors (Lipinski definition) is 2. The highest BCUT2D eigenvalue weighted by Crippen LogP contribution is 2.46. The van der Waals surface area contributed by atoms with Crippen molar-refractivity contribution in [3.8, 4) is 6.07 Å². The molecule has 2 heterocycles.